The molecule has 0 aromatic heterocycles. The van der Waals surface area contributed by atoms with E-state index in [9.17, 15) is 14.4 Å². The largest absolute Gasteiger partial charge is 0.409 e. The van der Waals surface area contributed by atoms with Gasteiger partial charge in [-0.15, -0.1) is 0 Å². The Morgan fingerprint density at radius 3 is 1.71 bits per heavy atom. The van der Waals surface area contributed by atoms with Crippen LogP contribution >= 0.6 is 0 Å². The summed E-state index contributed by atoms with van der Waals surface area (Å²) in [5.74, 6) is -4.55. The molecular formula is C21H18N2O5. The summed E-state index contributed by atoms with van der Waals surface area (Å²) in [6.45, 7) is -0.0402. The van der Waals surface area contributed by atoms with Crippen molar-refractivity contribution in [3.05, 3.63) is 83.9 Å². The third-order valence-corrected chi connectivity index (χ3v) is 5.16. The quantitative estimate of drug-likeness (QED) is 0.803. The van der Waals surface area contributed by atoms with E-state index in [2.05, 4.69) is 0 Å². The molecule has 2 aromatic rings. The van der Waals surface area contributed by atoms with E-state index < -0.39 is 29.0 Å². The molecule has 1 fully saturated rings. The fourth-order valence-electron chi connectivity index (χ4n) is 3.94. The lowest BCUT2D eigenvalue weighted by Gasteiger charge is -2.40. The van der Waals surface area contributed by atoms with Gasteiger partial charge in [-0.05, 0) is 11.1 Å². The van der Waals surface area contributed by atoms with E-state index in [1.54, 1.807) is 0 Å². The Labute approximate surface area is 161 Å². The van der Waals surface area contributed by atoms with Crippen LogP contribution in [0, 0.1) is 0 Å². The smallest absolute Gasteiger partial charge is 0.352 e. The van der Waals surface area contributed by atoms with Gasteiger partial charge in [-0.1, -0.05) is 60.7 Å². The topological polar surface area (TPSA) is 98.9 Å². The van der Waals surface area contributed by atoms with Gasteiger partial charge in [-0.3, -0.25) is 4.79 Å². The maximum Gasteiger partial charge on any atom is 0.352 e. The fraction of sp³-hybridized carbons (Fsp3) is 0.190. The average Bonchev–Trinajstić information content (AvgIpc) is 2.84. The second-order valence-electron chi connectivity index (χ2n) is 6.62. The van der Waals surface area contributed by atoms with Crippen molar-refractivity contribution in [1.82, 2.24) is 4.90 Å². The number of rotatable bonds is 3. The lowest BCUT2D eigenvalue weighted by Crippen LogP contribution is -2.58. The van der Waals surface area contributed by atoms with Crippen molar-refractivity contribution in [2.24, 2.45) is 5.73 Å². The van der Waals surface area contributed by atoms with Crippen molar-refractivity contribution >= 4 is 17.8 Å². The predicted octanol–water partition coefficient (Wildman–Crippen LogP) is 1.08. The van der Waals surface area contributed by atoms with E-state index in [0.717, 1.165) is 12.2 Å². The first-order valence-corrected chi connectivity index (χ1v) is 8.78. The fourth-order valence-corrected chi connectivity index (χ4v) is 3.94. The first kappa shape index (κ1) is 17.9. The van der Waals surface area contributed by atoms with E-state index in [1.807, 2.05) is 60.7 Å². The van der Waals surface area contributed by atoms with Crippen LogP contribution in [0.3, 0.4) is 0 Å². The lowest BCUT2D eigenvalue weighted by atomic mass is 9.69. The summed E-state index contributed by atoms with van der Waals surface area (Å²) in [6.07, 6.45) is 1.91. The highest BCUT2D eigenvalue weighted by Gasteiger charge is 2.71. The molecule has 1 saturated heterocycles. The van der Waals surface area contributed by atoms with E-state index in [1.165, 1.54) is 4.90 Å². The first-order valence-electron chi connectivity index (χ1n) is 8.78. The Bertz CT molecular complexity index is 896. The van der Waals surface area contributed by atoms with Crippen LogP contribution in [0.25, 0.3) is 0 Å². The molecule has 0 radical (unpaired) electrons. The van der Waals surface area contributed by atoms with Crippen LogP contribution in [0.1, 0.15) is 11.1 Å². The van der Waals surface area contributed by atoms with Gasteiger partial charge in [-0.25, -0.2) is 9.59 Å². The van der Waals surface area contributed by atoms with Gasteiger partial charge in [0, 0.05) is 18.7 Å². The molecule has 2 aromatic carbocycles. The van der Waals surface area contributed by atoms with Gasteiger partial charge < -0.3 is 20.1 Å². The van der Waals surface area contributed by atoms with Gasteiger partial charge in [0.1, 0.15) is 5.41 Å². The molecule has 1 spiro atoms. The zero-order valence-electron chi connectivity index (χ0n) is 14.9. The number of carbonyl (C=O) groups excluding carboxylic acids is 3. The van der Waals surface area contributed by atoms with Gasteiger partial charge >= 0.3 is 23.6 Å². The monoisotopic (exact) mass is 378 g/mol. The van der Waals surface area contributed by atoms with Crippen LogP contribution in [0.5, 0.6) is 0 Å². The zero-order valence-corrected chi connectivity index (χ0v) is 14.9. The number of hydrogen-bond donors (Lipinski definition) is 1. The molecule has 1 amide bonds. The second-order valence-corrected chi connectivity index (χ2v) is 6.62. The first-order chi connectivity index (χ1) is 13.5. The number of ether oxygens (including phenoxy) is 2. The molecule has 142 valence electrons. The van der Waals surface area contributed by atoms with E-state index >= 15 is 0 Å². The Balaban J connectivity index is 2.06. The normalized spacial score (nSPS) is 20.0. The maximum atomic E-state index is 13.4. The van der Waals surface area contributed by atoms with Crippen LogP contribution in [0.15, 0.2) is 72.8 Å². The minimum absolute atomic E-state index is 0.0803. The van der Waals surface area contributed by atoms with Gasteiger partial charge in [0.15, 0.2) is 0 Å². The molecule has 7 heteroatoms. The van der Waals surface area contributed by atoms with Crippen molar-refractivity contribution in [1.29, 1.82) is 0 Å². The molecule has 2 heterocycles. The number of nitrogens with two attached hydrogens (primary N) is 1. The summed E-state index contributed by atoms with van der Waals surface area (Å²) in [7, 11) is 0. The van der Waals surface area contributed by atoms with Crippen molar-refractivity contribution < 1.29 is 23.9 Å². The average molecular weight is 378 g/mol. The minimum Gasteiger partial charge on any atom is -0.409 e. The lowest BCUT2D eigenvalue weighted by molar-refractivity contribution is -0.229. The van der Waals surface area contributed by atoms with Gasteiger partial charge in [0.25, 0.3) is 0 Å². The SMILES string of the molecule is NCN1CC(c2ccccc2)(c2ccccc2)C2(OC(=O)C=CC(=O)O2)C1=O. The van der Waals surface area contributed by atoms with Crippen molar-refractivity contribution in [2.75, 3.05) is 13.2 Å². The second kappa shape index (κ2) is 6.61. The maximum absolute atomic E-state index is 13.4. The molecule has 0 bridgehead atoms. The van der Waals surface area contributed by atoms with Crippen LogP contribution in [-0.2, 0) is 29.3 Å². The number of carbonyl (C=O) groups is 3. The van der Waals surface area contributed by atoms with E-state index in [0.29, 0.717) is 11.1 Å². The molecule has 2 aliphatic heterocycles. The summed E-state index contributed by atoms with van der Waals surface area (Å²) in [6, 6.07) is 18.1. The third-order valence-electron chi connectivity index (χ3n) is 5.16. The van der Waals surface area contributed by atoms with Crippen LogP contribution in [-0.4, -0.2) is 41.7 Å². The molecule has 0 atom stereocenters. The molecule has 4 rings (SSSR count). The Hall–Kier alpha value is -3.45. The van der Waals surface area contributed by atoms with E-state index in [4.69, 9.17) is 15.2 Å². The van der Waals surface area contributed by atoms with Crippen LogP contribution < -0.4 is 5.73 Å². The summed E-state index contributed by atoms with van der Waals surface area (Å²) in [4.78, 5) is 39.4. The molecule has 0 unspecified atom stereocenters. The number of esters is 2. The molecular weight excluding hydrogens is 360 g/mol. The number of benzene rings is 2. The summed E-state index contributed by atoms with van der Waals surface area (Å²) >= 11 is 0. The minimum atomic E-state index is -2.20. The summed E-state index contributed by atoms with van der Waals surface area (Å²) in [5.41, 5.74) is 5.84. The molecule has 2 N–H and O–H groups in total. The summed E-state index contributed by atoms with van der Waals surface area (Å²) < 4.78 is 11.2. The summed E-state index contributed by atoms with van der Waals surface area (Å²) in [5, 5.41) is 0. The van der Waals surface area contributed by atoms with Gasteiger partial charge in [0.2, 0.25) is 0 Å². The highest BCUT2D eigenvalue weighted by Crippen LogP contribution is 2.51. The number of amides is 1. The van der Waals surface area contributed by atoms with Gasteiger partial charge in [0.05, 0.1) is 6.67 Å². The molecule has 2 aliphatic rings. The molecule has 28 heavy (non-hydrogen) atoms. The molecule has 7 nitrogen and oxygen atoms in total. The third kappa shape index (κ3) is 2.44. The van der Waals surface area contributed by atoms with Crippen molar-refractivity contribution in [3.63, 3.8) is 0 Å². The van der Waals surface area contributed by atoms with E-state index in [-0.39, 0.29) is 13.2 Å². The number of nitrogens with zero attached hydrogens (tertiary/aromatic N) is 1. The highest BCUT2D eigenvalue weighted by molar-refractivity contribution is 6.00. The van der Waals surface area contributed by atoms with Crippen molar-refractivity contribution in [3.8, 4) is 0 Å². The Kier molecular flexibility index (Phi) is 4.24. The number of hydrogen-bond acceptors (Lipinski definition) is 6. The van der Waals surface area contributed by atoms with Crippen LogP contribution in [0.4, 0.5) is 0 Å². The van der Waals surface area contributed by atoms with Crippen molar-refractivity contribution in [2.45, 2.75) is 11.2 Å². The van der Waals surface area contributed by atoms with Crippen LogP contribution in [0.2, 0.25) is 0 Å². The highest BCUT2D eigenvalue weighted by atomic mass is 16.7. The molecule has 0 aliphatic carbocycles. The Morgan fingerprint density at radius 2 is 1.29 bits per heavy atom. The standard InChI is InChI=1S/C21H18N2O5/c22-14-23-13-20(15-7-3-1-4-8-15,16-9-5-2-6-10-16)21(19(23)26)27-17(24)11-12-18(25)28-21/h1-12H,13-14,22H2. The molecule has 0 saturated carbocycles. The zero-order chi connectivity index (χ0) is 19.8. The predicted molar refractivity (Wildman–Crippen MR) is 98.5 cm³/mol. The Morgan fingerprint density at radius 1 is 0.821 bits per heavy atom. The number of likely N-dealkylation sites (tertiary alicyclic amines) is 1. The van der Waals surface area contributed by atoms with Gasteiger partial charge in [-0.2, -0.15) is 0 Å².